The smallest absolute Gasteiger partial charge is 0.333 e. The summed E-state index contributed by atoms with van der Waals surface area (Å²) in [5, 5.41) is 3.56. The lowest BCUT2D eigenvalue weighted by Crippen LogP contribution is -2.23. The van der Waals surface area contributed by atoms with Gasteiger partial charge in [0.25, 0.3) is 0 Å². The van der Waals surface area contributed by atoms with Gasteiger partial charge in [0, 0.05) is 10.7 Å². The summed E-state index contributed by atoms with van der Waals surface area (Å²) in [5.74, 6) is -0.750. The van der Waals surface area contributed by atoms with Gasteiger partial charge in [0.15, 0.2) is 6.04 Å². The molecule has 0 aliphatic carbocycles. The Morgan fingerprint density at radius 2 is 2.00 bits per heavy atom. The van der Waals surface area contributed by atoms with E-state index < -0.39 is 12.0 Å². The summed E-state index contributed by atoms with van der Waals surface area (Å²) >= 11 is 5.96. The van der Waals surface area contributed by atoms with Crippen LogP contribution in [-0.2, 0) is 9.53 Å². The van der Waals surface area contributed by atoms with Crippen LogP contribution in [-0.4, -0.2) is 12.6 Å². The van der Waals surface area contributed by atoms with Crippen LogP contribution >= 0.6 is 11.6 Å². The highest BCUT2D eigenvalue weighted by Crippen LogP contribution is 2.23. The van der Waals surface area contributed by atoms with Crippen molar-refractivity contribution in [3.8, 4) is 0 Å². The maximum atomic E-state index is 12.9. The first kappa shape index (κ1) is 15.3. The Labute approximate surface area is 127 Å². The second-order valence-corrected chi connectivity index (χ2v) is 4.83. The van der Waals surface area contributed by atoms with E-state index >= 15 is 0 Å². The van der Waals surface area contributed by atoms with Crippen LogP contribution in [0.1, 0.15) is 18.5 Å². The zero-order valence-electron chi connectivity index (χ0n) is 11.5. The number of ether oxygens (including phenoxy) is 1. The minimum Gasteiger partial charge on any atom is -0.464 e. The van der Waals surface area contributed by atoms with E-state index in [1.54, 1.807) is 43.3 Å². The molecule has 0 aliphatic heterocycles. The van der Waals surface area contributed by atoms with Gasteiger partial charge in [-0.05, 0) is 48.9 Å². The molecule has 0 saturated carbocycles. The molecule has 5 heteroatoms. The van der Waals surface area contributed by atoms with Gasteiger partial charge in [-0.1, -0.05) is 23.7 Å². The van der Waals surface area contributed by atoms with Gasteiger partial charge in [-0.15, -0.1) is 0 Å². The summed E-state index contributed by atoms with van der Waals surface area (Å²) in [4.78, 5) is 12.1. The Kier molecular flexibility index (Phi) is 5.17. The first-order chi connectivity index (χ1) is 10.1. The molecular weight excluding hydrogens is 293 g/mol. The monoisotopic (exact) mass is 307 g/mol. The van der Waals surface area contributed by atoms with Crippen LogP contribution in [0.3, 0.4) is 0 Å². The maximum absolute atomic E-state index is 12.9. The summed E-state index contributed by atoms with van der Waals surface area (Å²) in [5.41, 5.74) is 1.31. The molecule has 3 nitrogen and oxygen atoms in total. The molecule has 0 fully saturated rings. The molecule has 0 aliphatic rings. The van der Waals surface area contributed by atoms with Crippen molar-refractivity contribution < 1.29 is 13.9 Å². The van der Waals surface area contributed by atoms with E-state index in [9.17, 15) is 9.18 Å². The number of carbonyl (C=O) groups is 1. The second kappa shape index (κ2) is 7.09. The van der Waals surface area contributed by atoms with E-state index in [1.165, 1.54) is 12.1 Å². The predicted octanol–water partition coefficient (Wildman–Crippen LogP) is 4.20. The van der Waals surface area contributed by atoms with Crippen LogP contribution in [0.15, 0.2) is 48.5 Å². The van der Waals surface area contributed by atoms with Crippen molar-refractivity contribution in [3.63, 3.8) is 0 Å². The molecule has 0 bridgehead atoms. The molecule has 0 saturated heterocycles. The second-order valence-electron chi connectivity index (χ2n) is 4.39. The highest BCUT2D eigenvalue weighted by molar-refractivity contribution is 6.30. The molecule has 2 rings (SSSR count). The molecule has 1 unspecified atom stereocenters. The summed E-state index contributed by atoms with van der Waals surface area (Å²) < 4.78 is 18.0. The zero-order valence-corrected chi connectivity index (χ0v) is 12.2. The first-order valence-electron chi connectivity index (χ1n) is 6.54. The van der Waals surface area contributed by atoms with Crippen LogP contribution in [0.25, 0.3) is 0 Å². The number of halogens is 2. The van der Waals surface area contributed by atoms with Crippen LogP contribution in [0.4, 0.5) is 10.1 Å². The van der Waals surface area contributed by atoms with E-state index in [0.717, 1.165) is 0 Å². The molecule has 1 atom stereocenters. The quantitative estimate of drug-likeness (QED) is 0.842. The minimum atomic E-state index is -0.700. The van der Waals surface area contributed by atoms with Crippen molar-refractivity contribution in [2.24, 2.45) is 0 Å². The number of benzene rings is 2. The number of carbonyl (C=O) groups excluding carboxylic acids is 1. The van der Waals surface area contributed by atoms with Crippen LogP contribution in [0.2, 0.25) is 5.02 Å². The van der Waals surface area contributed by atoms with Gasteiger partial charge in [0.2, 0.25) is 0 Å². The summed E-state index contributed by atoms with van der Waals surface area (Å²) in [6.45, 7) is 2.02. The fourth-order valence-corrected chi connectivity index (χ4v) is 2.10. The van der Waals surface area contributed by atoms with Gasteiger partial charge >= 0.3 is 5.97 Å². The number of esters is 1. The van der Waals surface area contributed by atoms with Crippen molar-refractivity contribution in [2.75, 3.05) is 11.9 Å². The molecule has 0 amide bonds. The highest BCUT2D eigenvalue weighted by atomic mass is 35.5. The van der Waals surface area contributed by atoms with Crippen molar-refractivity contribution >= 4 is 23.3 Å². The maximum Gasteiger partial charge on any atom is 0.333 e. The first-order valence-corrected chi connectivity index (χ1v) is 6.92. The molecule has 110 valence electrons. The average Bonchev–Trinajstić information content (AvgIpc) is 2.47. The molecule has 0 spiro atoms. The fourth-order valence-electron chi connectivity index (χ4n) is 1.90. The lowest BCUT2D eigenvalue weighted by atomic mass is 10.1. The van der Waals surface area contributed by atoms with Gasteiger partial charge in [0.05, 0.1) is 6.61 Å². The van der Waals surface area contributed by atoms with E-state index in [1.807, 2.05) is 0 Å². The summed E-state index contributed by atoms with van der Waals surface area (Å²) in [7, 11) is 0. The number of rotatable bonds is 5. The van der Waals surface area contributed by atoms with Crippen molar-refractivity contribution in [1.82, 2.24) is 0 Å². The van der Waals surface area contributed by atoms with Crippen molar-refractivity contribution in [3.05, 3.63) is 64.9 Å². The molecule has 0 radical (unpaired) electrons. The van der Waals surface area contributed by atoms with E-state index in [0.29, 0.717) is 16.3 Å². The van der Waals surface area contributed by atoms with Crippen LogP contribution in [0.5, 0.6) is 0 Å². The summed E-state index contributed by atoms with van der Waals surface area (Å²) in [6.07, 6.45) is 0. The van der Waals surface area contributed by atoms with Crippen LogP contribution < -0.4 is 5.32 Å². The predicted molar refractivity (Wildman–Crippen MR) is 80.8 cm³/mol. The zero-order chi connectivity index (χ0) is 15.2. The lowest BCUT2D eigenvalue weighted by molar-refractivity contribution is -0.144. The standard InChI is InChI=1S/C16H15ClFNO2/c1-2-21-16(20)15(11-4-3-5-12(17)10-11)19-14-8-6-13(18)7-9-14/h3-10,15,19H,2H2,1H3. The number of nitrogens with one attached hydrogen (secondary N) is 1. The molecule has 0 heterocycles. The SMILES string of the molecule is CCOC(=O)C(Nc1ccc(F)cc1)c1cccc(Cl)c1. The van der Waals surface area contributed by atoms with E-state index in [-0.39, 0.29) is 12.4 Å². The third kappa shape index (κ3) is 4.20. The van der Waals surface area contributed by atoms with Crippen molar-refractivity contribution in [1.29, 1.82) is 0 Å². The summed E-state index contributed by atoms with van der Waals surface area (Å²) in [6, 6.07) is 12.0. The molecule has 21 heavy (non-hydrogen) atoms. The average molecular weight is 308 g/mol. The number of hydrogen-bond donors (Lipinski definition) is 1. The van der Waals surface area contributed by atoms with Gasteiger partial charge in [-0.2, -0.15) is 0 Å². The topological polar surface area (TPSA) is 38.3 Å². The fraction of sp³-hybridized carbons (Fsp3) is 0.188. The van der Waals surface area contributed by atoms with E-state index in [2.05, 4.69) is 5.32 Å². The lowest BCUT2D eigenvalue weighted by Gasteiger charge is -2.19. The Bertz CT molecular complexity index is 616. The number of hydrogen-bond acceptors (Lipinski definition) is 3. The Balaban J connectivity index is 2.27. The molecule has 2 aromatic rings. The van der Waals surface area contributed by atoms with Gasteiger partial charge in [-0.25, -0.2) is 9.18 Å². The van der Waals surface area contributed by atoms with Crippen molar-refractivity contribution in [2.45, 2.75) is 13.0 Å². The third-order valence-electron chi connectivity index (χ3n) is 2.86. The van der Waals surface area contributed by atoms with E-state index in [4.69, 9.17) is 16.3 Å². The molecular formula is C16H15ClFNO2. The Hall–Kier alpha value is -2.07. The largest absolute Gasteiger partial charge is 0.464 e. The molecule has 1 N–H and O–H groups in total. The Morgan fingerprint density at radius 1 is 1.29 bits per heavy atom. The van der Waals surface area contributed by atoms with Gasteiger partial charge in [-0.3, -0.25) is 0 Å². The third-order valence-corrected chi connectivity index (χ3v) is 3.09. The van der Waals surface area contributed by atoms with Gasteiger partial charge < -0.3 is 10.1 Å². The Morgan fingerprint density at radius 3 is 2.62 bits per heavy atom. The normalized spacial score (nSPS) is 11.8. The minimum absolute atomic E-state index is 0.279. The number of anilines is 1. The molecule has 2 aromatic carbocycles. The van der Waals surface area contributed by atoms with Gasteiger partial charge in [0.1, 0.15) is 5.82 Å². The van der Waals surface area contributed by atoms with Crippen LogP contribution in [0, 0.1) is 5.82 Å². The molecule has 0 aromatic heterocycles. The highest BCUT2D eigenvalue weighted by Gasteiger charge is 2.22.